The summed E-state index contributed by atoms with van der Waals surface area (Å²) in [6, 6.07) is 7.39. The maximum atomic E-state index is 12.9. The lowest BCUT2D eigenvalue weighted by Crippen LogP contribution is -2.43. The topological polar surface area (TPSA) is 101 Å². The lowest BCUT2D eigenvalue weighted by atomic mass is 9.98. The first-order valence-electron chi connectivity index (χ1n) is 11.7. The number of benzene rings is 1. The SMILES string of the molecule is CS(=O)(=O)N1CCC[C@H](C(=O)Nc2cc(-c3cc(NCC4CCOCC4)ccc3Cl)c(Cl)cn2)C1. The number of hydrogen-bond donors (Lipinski definition) is 2. The highest BCUT2D eigenvalue weighted by Crippen LogP contribution is 2.36. The van der Waals surface area contributed by atoms with Gasteiger partial charge in [-0.15, -0.1) is 0 Å². The third kappa shape index (κ3) is 6.86. The third-order valence-electron chi connectivity index (χ3n) is 6.52. The Balaban J connectivity index is 1.48. The van der Waals surface area contributed by atoms with Gasteiger partial charge in [0, 0.05) is 60.9 Å². The van der Waals surface area contributed by atoms with E-state index in [9.17, 15) is 13.2 Å². The van der Waals surface area contributed by atoms with E-state index in [0.29, 0.717) is 46.7 Å². The van der Waals surface area contributed by atoms with Gasteiger partial charge in [0.05, 0.1) is 17.2 Å². The molecule has 0 saturated carbocycles. The molecule has 2 aromatic rings. The second-order valence-electron chi connectivity index (χ2n) is 9.13. The maximum absolute atomic E-state index is 12.9. The Morgan fingerprint density at radius 3 is 2.63 bits per heavy atom. The summed E-state index contributed by atoms with van der Waals surface area (Å²) < 4.78 is 30.6. The number of carbonyl (C=O) groups is 1. The van der Waals surface area contributed by atoms with Crippen molar-refractivity contribution in [2.24, 2.45) is 11.8 Å². The van der Waals surface area contributed by atoms with E-state index in [0.717, 1.165) is 50.1 Å². The normalized spacial score (nSPS) is 19.9. The van der Waals surface area contributed by atoms with E-state index in [4.69, 9.17) is 27.9 Å². The van der Waals surface area contributed by atoms with Gasteiger partial charge in [-0.2, -0.15) is 0 Å². The standard InChI is InChI=1S/C24H30Cl2N4O4S/c1-35(32,33)30-8-2-3-17(15-30)24(31)29-23-12-20(22(26)14-28-23)19-11-18(4-5-21(19)25)27-13-16-6-9-34-10-7-16/h4-5,11-12,14,16-17,27H,2-3,6-10,13,15H2,1H3,(H,28,29,31)/t17-/m0/s1. The van der Waals surface area contributed by atoms with Crippen LogP contribution in [-0.4, -0.2) is 62.7 Å². The van der Waals surface area contributed by atoms with Gasteiger partial charge in [-0.1, -0.05) is 23.2 Å². The largest absolute Gasteiger partial charge is 0.385 e. The number of sulfonamides is 1. The van der Waals surface area contributed by atoms with Crippen LogP contribution in [-0.2, 0) is 19.6 Å². The summed E-state index contributed by atoms with van der Waals surface area (Å²) in [5.74, 6) is 0.188. The van der Waals surface area contributed by atoms with Crippen molar-refractivity contribution in [1.29, 1.82) is 0 Å². The fourth-order valence-electron chi connectivity index (χ4n) is 4.45. The van der Waals surface area contributed by atoms with E-state index >= 15 is 0 Å². The summed E-state index contributed by atoms with van der Waals surface area (Å²) in [5, 5.41) is 7.24. The Labute approximate surface area is 216 Å². The van der Waals surface area contributed by atoms with Gasteiger partial charge in [0.1, 0.15) is 5.82 Å². The van der Waals surface area contributed by atoms with Crippen LogP contribution in [0.15, 0.2) is 30.5 Å². The molecule has 1 atom stereocenters. The van der Waals surface area contributed by atoms with Gasteiger partial charge in [0.15, 0.2) is 0 Å². The molecule has 0 spiro atoms. The molecular formula is C24H30Cl2N4O4S. The molecular weight excluding hydrogens is 511 g/mol. The van der Waals surface area contributed by atoms with Crippen LogP contribution >= 0.6 is 23.2 Å². The molecule has 4 rings (SSSR count). The molecule has 35 heavy (non-hydrogen) atoms. The highest BCUT2D eigenvalue weighted by molar-refractivity contribution is 7.88. The molecule has 0 aliphatic carbocycles. The van der Waals surface area contributed by atoms with Gasteiger partial charge in [-0.05, 0) is 55.9 Å². The van der Waals surface area contributed by atoms with Crippen LogP contribution in [0.25, 0.3) is 11.1 Å². The molecule has 1 amide bonds. The van der Waals surface area contributed by atoms with Gasteiger partial charge >= 0.3 is 0 Å². The van der Waals surface area contributed by atoms with E-state index in [-0.39, 0.29) is 12.5 Å². The lowest BCUT2D eigenvalue weighted by molar-refractivity contribution is -0.120. The molecule has 0 unspecified atom stereocenters. The van der Waals surface area contributed by atoms with Crippen molar-refractivity contribution < 1.29 is 17.9 Å². The smallest absolute Gasteiger partial charge is 0.229 e. The predicted octanol–water partition coefficient (Wildman–Crippen LogP) is 4.50. The Morgan fingerprint density at radius 2 is 1.89 bits per heavy atom. The zero-order valence-electron chi connectivity index (χ0n) is 19.6. The van der Waals surface area contributed by atoms with Gasteiger partial charge in [0.2, 0.25) is 15.9 Å². The van der Waals surface area contributed by atoms with E-state index in [1.165, 1.54) is 10.5 Å². The highest BCUT2D eigenvalue weighted by atomic mass is 35.5. The second-order valence-corrected chi connectivity index (χ2v) is 11.9. The molecule has 1 aromatic heterocycles. The number of nitrogens with zero attached hydrogens (tertiary/aromatic N) is 2. The van der Waals surface area contributed by atoms with Crippen LogP contribution in [0.4, 0.5) is 11.5 Å². The summed E-state index contributed by atoms with van der Waals surface area (Å²) in [6.45, 7) is 3.04. The first-order chi connectivity index (χ1) is 16.7. The number of hydrogen-bond acceptors (Lipinski definition) is 6. The first-order valence-corrected chi connectivity index (χ1v) is 14.3. The average Bonchev–Trinajstić information content (AvgIpc) is 2.85. The number of nitrogens with one attached hydrogen (secondary N) is 2. The fraction of sp³-hybridized carbons (Fsp3) is 0.500. The maximum Gasteiger partial charge on any atom is 0.229 e. The molecule has 2 fully saturated rings. The van der Waals surface area contributed by atoms with Crippen molar-refractivity contribution >= 4 is 50.6 Å². The zero-order chi connectivity index (χ0) is 25.0. The summed E-state index contributed by atoms with van der Waals surface area (Å²) in [7, 11) is -3.34. The number of halogens is 2. The van der Waals surface area contributed by atoms with Crippen molar-refractivity contribution in [3.8, 4) is 11.1 Å². The fourth-order valence-corrected chi connectivity index (χ4v) is 5.79. The minimum Gasteiger partial charge on any atom is -0.385 e. The van der Waals surface area contributed by atoms with Crippen LogP contribution in [0.1, 0.15) is 25.7 Å². The molecule has 3 heterocycles. The van der Waals surface area contributed by atoms with Gasteiger partial charge < -0.3 is 15.4 Å². The van der Waals surface area contributed by atoms with Crippen molar-refractivity contribution in [3.63, 3.8) is 0 Å². The Morgan fingerprint density at radius 1 is 1.14 bits per heavy atom. The highest BCUT2D eigenvalue weighted by Gasteiger charge is 2.30. The van der Waals surface area contributed by atoms with Crippen LogP contribution in [0.5, 0.6) is 0 Å². The van der Waals surface area contributed by atoms with Crippen LogP contribution in [0, 0.1) is 11.8 Å². The number of rotatable bonds is 7. The zero-order valence-corrected chi connectivity index (χ0v) is 21.9. The van der Waals surface area contributed by atoms with Crippen molar-refractivity contribution in [3.05, 3.63) is 40.5 Å². The first kappa shape index (κ1) is 26.2. The van der Waals surface area contributed by atoms with Crippen LogP contribution in [0.3, 0.4) is 0 Å². The Bertz CT molecular complexity index is 1170. The quantitative estimate of drug-likeness (QED) is 0.536. The number of carbonyl (C=O) groups excluding carboxylic acids is 1. The van der Waals surface area contributed by atoms with Crippen LogP contribution in [0.2, 0.25) is 10.0 Å². The lowest BCUT2D eigenvalue weighted by Gasteiger charge is -2.30. The van der Waals surface area contributed by atoms with E-state index in [1.807, 2.05) is 18.2 Å². The van der Waals surface area contributed by atoms with Gasteiger partial charge in [-0.3, -0.25) is 4.79 Å². The number of piperidine rings is 1. The summed E-state index contributed by atoms with van der Waals surface area (Å²) in [6.07, 6.45) is 5.97. The van der Waals surface area contributed by atoms with E-state index < -0.39 is 15.9 Å². The van der Waals surface area contributed by atoms with Crippen molar-refractivity contribution in [2.75, 3.05) is 49.7 Å². The summed E-state index contributed by atoms with van der Waals surface area (Å²) in [4.78, 5) is 17.1. The number of anilines is 2. The molecule has 0 bridgehead atoms. The Hall–Kier alpha value is -1.91. The second kappa shape index (κ2) is 11.4. The molecule has 2 N–H and O–H groups in total. The molecule has 2 aliphatic heterocycles. The predicted molar refractivity (Wildman–Crippen MR) is 139 cm³/mol. The molecule has 1 aromatic carbocycles. The minimum absolute atomic E-state index is 0.164. The molecule has 0 radical (unpaired) electrons. The van der Waals surface area contributed by atoms with E-state index in [2.05, 4.69) is 15.6 Å². The Kier molecular flexibility index (Phi) is 8.54. The average molecular weight is 542 g/mol. The number of amides is 1. The molecule has 2 saturated heterocycles. The minimum atomic E-state index is -3.34. The number of aromatic nitrogens is 1. The van der Waals surface area contributed by atoms with Gasteiger partial charge in [-0.25, -0.2) is 17.7 Å². The third-order valence-corrected chi connectivity index (χ3v) is 8.42. The number of pyridine rings is 1. The van der Waals surface area contributed by atoms with Crippen LogP contribution < -0.4 is 10.6 Å². The summed E-state index contributed by atoms with van der Waals surface area (Å²) >= 11 is 13.0. The van der Waals surface area contributed by atoms with Gasteiger partial charge in [0.25, 0.3) is 0 Å². The van der Waals surface area contributed by atoms with Crippen molar-refractivity contribution in [1.82, 2.24) is 9.29 Å². The summed E-state index contributed by atoms with van der Waals surface area (Å²) in [5.41, 5.74) is 2.31. The molecule has 11 heteroatoms. The molecule has 8 nitrogen and oxygen atoms in total. The number of ether oxygens (including phenoxy) is 1. The molecule has 190 valence electrons. The van der Waals surface area contributed by atoms with Crippen molar-refractivity contribution in [2.45, 2.75) is 25.7 Å². The monoisotopic (exact) mass is 540 g/mol. The molecule has 2 aliphatic rings. The van der Waals surface area contributed by atoms with E-state index in [1.54, 1.807) is 6.07 Å².